The van der Waals surface area contributed by atoms with Crippen LogP contribution < -0.4 is 14.8 Å². The van der Waals surface area contributed by atoms with Gasteiger partial charge in [0, 0.05) is 28.8 Å². The Morgan fingerprint density at radius 3 is 2.26 bits per heavy atom. The van der Waals surface area contributed by atoms with Crippen molar-refractivity contribution >= 4 is 17.7 Å². The summed E-state index contributed by atoms with van der Waals surface area (Å²) in [7, 11) is 2.99. The van der Waals surface area contributed by atoms with Crippen LogP contribution in [0.4, 0.5) is 0 Å². The van der Waals surface area contributed by atoms with E-state index in [4.69, 9.17) is 18.9 Å². The molecule has 9 heteroatoms. The van der Waals surface area contributed by atoms with E-state index in [2.05, 4.69) is 5.32 Å². The average Bonchev–Trinajstić information content (AvgIpc) is 2.92. The van der Waals surface area contributed by atoms with Crippen molar-refractivity contribution in [3.63, 3.8) is 0 Å². The normalized spacial score (nSPS) is 20.6. The van der Waals surface area contributed by atoms with Gasteiger partial charge >= 0.3 is 11.9 Å². The molecule has 0 aromatic heterocycles. The maximum absolute atomic E-state index is 14.3. The molecule has 0 spiro atoms. The minimum atomic E-state index is -1.12. The molecule has 0 radical (unpaired) electrons. The van der Waals surface area contributed by atoms with Gasteiger partial charge in [0.05, 0.1) is 33.0 Å². The molecule has 2 aliphatic rings. The quantitative estimate of drug-likeness (QED) is 0.380. The van der Waals surface area contributed by atoms with Crippen molar-refractivity contribution in [2.24, 2.45) is 5.92 Å². The number of phenolic OH excluding ortho intramolecular Hbond substituents is 1. The van der Waals surface area contributed by atoms with Crippen LogP contribution in [0.5, 0.6) is 17.2 Å². The molecule has 9 nitrogen and oxygen atoms in total. The third kappa shape index (κ3) is 5.21. The number of Topliss-reactive ketones (excluding diaryl/α,β-unsaturated/α-hetero) is 1. The summed E-state index contributed by atoms with van der Waals surface area (Å²) in [6.45, 7) is 5.41. The number of carbonyl (C=O) groups excluding carboxylic acids is 3. The minimum absolute atomic E-state index is 0.0817. The number of ketones is 1. The van der Waals surface area contributed by atoms with Gasteiger partial charge in [-0.25, -0.2) is 4.79 Å². The molecule has 0 saturated heterocycles. The van der Waals surface area contributed by atoms with Crippen LogP contribution in [0.2, 0.25) is 0 Å². The van der Waals surface area contributed by atoms with E-state index in [0.29, 0.717) is 34.7 Å². The van der Waals surface area contributed by atoms with E-state index < -0.39 is 35.5 Å². The molecule has 0 amide bonds. The lowest BCUT2D eigenvalue weighted by Gasteiger charge is -2.39. The first-order chi connectivity index (χ1) is 18.7. The van der Waals surface area contributed by atoms with Crippen molar-refractivity contribution in [1.29, 1.82) is 0 Å². The van der Waals surface area contributed by atoms with Crippen LogP contribution in [-0.2, 0) is 23.9 Å². The van der Waals surface area contributed by atoms with Crippen molar-refractivity contribution in [2.45, 2.75) is 39.0 Å². The maximum Gasteiger partial charge on any atom is 0.336 e. The first-order valence-electron chi connectivity index (χ1n) is 12.8. The van der Waals surface area contributed by atoms with Gasteiger partial charge in [-0.2, -0.15) is 0 Å². The topological polar surface area (TPSA) is 120 Å². The Balaban J connectivity index is 1.91. The van der Waals surface area contributed by atoms with Gasteiger partial charge in [-0.15, -0.1) is 0 Å². The summed E-state index contributed by atoms with van der Waals surface area (Å²) in [6, 6.07) is 11.9. The summed E-state index contributed by atoms with van der Waals surface area (Å²) >= 11 is 0. The molecule has 4 rings (SSSR count). The maximum atomic E-state index is 14.3. The molecule has 3 atom stereocenters. The second-order valence-corrected chi connectivity index (χ2v) is 9.32. The number of hydrogen-bond acceptors (Lipinski definition) is 9. The minimum Gasteiger partial charge on any atom is -0.504 e. The molecule has 0 unspecified atom stereocenters. The van der Waals surface area contributed by atoms with E-state index in [-0.39, 0.29) is 30.3 Å². The van der Waals surface area contributed by atoms with Gasteiger partial charge in [0.25, 0.3) is 0 Å². The number of phenols is 1. The predicted molar refractivity (Wildman–Crippen MR) is 142 cm³/mol. The van der Waals surface area contributed by atoms with Crippen molar-refractivity contribution in [3.05, 3.63) is 76.1 Å². The zero-order valence-corrected chi connectivity index (χ0v) is 22.7. The van der Waals surface area contributed by atoms with E-state index >= 15 is 0 Å². The number of ether oxygens (including phenoxy) is 4. The molecular weight excluding hydrogens is 502 g/mol. The zero-order chi connectivity index (χ0) is 28.3. The molecule has 1 aliphatic carbocycles. The van der Waals surface area contributed by atoms with E-state index in [0.717, 1.165) is 5.56 Å². The van der Waals surface area contributed by atoms with Crippen molar-refractivity contribution in [2.75, 3.05) is 27.4 Å². The lowest BCUT2D eigenvalue weighted by Crippen LogP contribution is -2.43. The summed E-state index contributed by atoms with van der Waals surface area (Å²) in [5, 5.41) is 13.5. The fourth-order valence-electron chi connectivity index (χ4n) is 5.39. The largest absolute Gasteiger partial charge is 0.504 e. The van der Waals surface area contributed by atoms with Crippen LogP contribution in [0.25, 0.3) is 0 Å². The zero-order valence-electron chi connectivity index (χ0n) is 22.7. The average molecular weight is 536 g/mol. The monoisotopic (exact) mass is 535 g/mol. The van der Waals surface area contributed by atoms with Crippen LogP contribution in [0, 0.1) is 5.92 Å². The molecule has 0 bridgehead atoms. The van der Waals surface area contributed by atoms with Gasteiger partial charge in [-0.05, 0) is 62.6 Å². The smallest absolute Gasteiger partial charge is 0.336 e. The molecule has 1 heterocycles. The summed E-state index contributed by atoms with van der Waals surface area (Å²) in [5.41, 5.74) is 3.03. The molecule has 206 valence electrons. The number of hydrogen-bond donors (Lipinski definition) is 2. The Morgan fingerprint density at radius 2 is 1.64 bits per heavy atom. The third-order valence-corrected chi connectivity index (χ3v) is 7.14. The predicted octanol–water partition coefficient (Wildman–Crippen LogP) is 4.12. The van der Waals surface area contributed by atoms with Crippen molar-refractivity contribution < 1.29 is 38.4 Å². The first kappa shape index (κ1) is 27.8. The number of benzene rings is 2. The second kappa shape index (κ2) is 11.6. The van der Waals surface area contributed by atoms with Gasteiger partial charge in [-0.3, -0.25) is 9.59 Å². The van der Waals surface area contributed by atoms with E-state index in [1.54, 1.807) is 52.1 Å². The van der Waals surface area contributed by atoms with Gasteiger partial charge in [0.2, 0.25) is 0 Å². The van der Waals surface area contributed by atoms with Gasteiger partial charge < -0.3 is 29.4 Å². The van der Waals surface area contributed by atoms with Crippen LogP contribution in [0.3, 0.4) is 0 Å². The number of dihydropyridines is 1. The van der Waals surface area contributed by atoms with Crippen LogP contribution >= 0.6 is 0 Å². The molecule has 1 aliphatic heterocycles. The molecule has 2 aromatic carbocycles. The molecule has 2 N–H and O–H groups in total. The standard InChI is InChI=1S/C30H33NO8/c1-6-38-29(34)24-16(3)31-21-15-20(17-8-11-19(36-4)12-9-17)26(30(35)39-7-2)28(33)27(21)25(24)18-10-13-22(32)23(14-18)37-5/h8-14,20,25-26,31-32H,6-7,15H2,1-5H3/t20-,25-,26+/m0/s1. The fourth-order valence-corrected chi connectivity index (χ4v) is 5.39. The highest BCUT2D eigenvalue weighted by Gasteiger charge is 2.49. The van der Waals surface area contributed by atoms with Gasteiger partial charge in [0.15, 0.2) is 17.3 Å². The van der Waals surface area contributed by atoms with Gasteiger partial charge in [0.1, 0.15) is 11.7 Å². The number of aromatic hydroxyl groups is 1. The van der Waals surface area contributed by atoms with E-state index in [1.165, 1.54) is 13.2 Å². The molecule has 39 heavy (non-hydrogen) atoms. The Morgan fingerprint density at radius 1 is 0.974 bits per heavy atom. The number of esters is 2. The van der Waals surface area contributed by atoms with Crippen molar-refractivity contribution in [3.8, 4) is 17.2 Å². The Kier molecular flexibility index (Phi) is 8.28. The number of allylic oxidation sites excluding steroid dienone is 3. The number of methoxy groups -OCH3 is 2. The summed E-state index contributed by atoms with van der Waals surface area (Å²) in [6.07, 6.45) is 0.329. The SMILES string of the molecule is CCOC(=O)C1=C(C)NC2=C(C(=O)[C@H](C(=O)OCC)[C@H](c3ccc(OC)cc3)C2)[C@H]1c1ccc(O)c(OC)c1. The summed E-state index contributed by atoms with van der Waals surface area (Å²) in [4.78, 5) is 40.9. The van der Waals surface area contributed by atoms with Crippen LogP contribution in [0.1, 0.15) is 50.2 Å². The molecule has 0 saturated carbocycles. The first-order valence-corrected chi connectivity index (χ1v) is 12.8. The Hall–Kier alpha value is -4.27. The van der Waals surface area contributed by atoms with Crippen LogP contribution in [0.15, 0.2) is 65.0 Å². The van der Waals surface area contributed by atoms with Crippen LogP contribution in [-0.4, -0.2) is 50.3 Å². The van der Waals surface area contributed by atoms with E-state index in [1.807, 2.05) is 12.1 Å². The van der Waals surface area contributed by atoms with Crippen molar-refractivity contribution in [1.82, 2.24) is 5.32 Å². The third-order valence-electron chi connectivity index (χ3n) is 7.14. The lowest BCUT2D eigenvalue weighted by molar-refractivity contribution is -0.152. The van der Waals surface area contributed by atoms with E-state index in [9.17, 15) is 19.5 Å². The molecular formula is C30H33NO8. The summed E-state index contributed by atoms with van der Waals surface area (Å²) in [5.74, 6) is -3.35. The Labute approximate surface area is 227 Å². The lowest BCUT2D eigenvalue weighted by atomic mass is 9.67. The number of nitrogens with one attached hydrogen (secondary N) is 1. The second-order valence-electron chi connectivity index (χ2n) is 9.32. The number of rotatable bonds is 8. The fraction of sp³-hybridized carbons (Fsp3) is 0.367. The molecule has 0 fully saturated rings. The summed E-state index contributed by atoms with van der Waals surface area (Å²) < 4.78 is 21.3. The Bertz CT molecular complexity index is 1340. The highest BCUT2D eigenvalue weighted by atomic mass is 16.5. The molecule has 2 aromatic rings. The van der Waals surface area contributed by atoms with Gasteiger partial charge in [-0.1, -0.05) is 18.2 Å². The highest BCUT2D eigenvalue weighted by molar-refractivity contribution is 6.13. The highest BCUT2D eigenvalue weighted by Crippen LogP contribution is 2.49. The number of carbonyl (C=O) groups is 3.